The zero-order valence-corrected chi connectivity index (χ0v) is 36.5. The summed E-state index contributed by atoms with van der Waals surface area (Å²) < 4.78 is 24.3. The molecule has 8 heterocycles. The molecule has 1 amide bonds. The number of aryl methyl sites for hydroxylation is 2. The van der Waals surface area contributed by atoms with E-state index in [0.717, 1.165) is 48.4 Å². The predicted octanol–water partition coefficient (Wildman–Crippen LogP) is 8.74. The lowest BCUT2D eigenvalue weighted by atomic mass is 9.89. The van der Waals surface area contributed by atoms with Crippen molar-refractivity contribution >= 4 is 11.9 Å². The quantitative estimate of drug-likeness (QED) is 0.135. The Balaban J connectivity index is 0.000000157. The van der Waals surface area contributed by atoms with Gasteiger partial charge in [-0.2, -0.15) is 0 Å². The molecule has 4 fully saturated rings. The molecule has 4 saturated heterocycles. The number of carboxylic acid groups (broad SMARTS) is 1. The molecule has 6 aromatic rings. The van der Waals surface area contributed by atoms with Gasteiger partial charge in [0.15, 0.2) is 11.6 Å². The number of fused-ring (bicyclic) bond motifs is 4. The summed E-state index contributed by atoms with van der Waals surface area (Å²) in [7, 11) is 0. The van der Waals surface area contributed by atoms with E-state index in [-0.39, 0.29) is 28.0 Å². The van der Waals surface area contributed by atoms with Crippen molar-refractivity contribution in [1.29, 1.82) is 0 Å². The summed E-state index contributed by atoms with van der Waals surface area (Å²) in [6, 6.07) is 25.1. The Kier molecular flexibility index (Phi) is 15.5. The van der Waals surface area contributed by atoms with Crippen LogP contribution in [0.4, 0.5) is 9.09 Å². The molecule has 4 bridgehead atoms. The minimum absolute atomic E-state index is 0. The first-order chi connectivity index (χ1) is 31.2. The van der Waals surface area contributed by atoms with E-state index < -0.39 is 5.97 Å². The van der Waals surface area contributed by atoms with Crippen molar-refractivity contribution in [1.82, 2.24) is 40.1 Å². The number of nitrogens with one attached hydrogen (secondary N) is 1. The third-order valence-corrected chi connectivity index (χ3v) is 12.6. The molecule has 2 aromatic carbocycles. The van der Waals surface area contributed by atoms with Gasteiger partial charge in [0.1, 0.15) is 5.82 Å². The molecule has 0 spiro atoms. The molecule has 10 rings (SSSR count). The topological polar surface area (TPSA) is 165 Å². The number of benzene rings is 2. The minimum Gasteiger partial charge on any atom is -0.478 e. The Morgan fingerprint density at radius 1 is 0.662 bits per heavy atom. The number of hydrogen-bond acceptors (Lipinski definition) is 11. The van der Waals surface area contributed by atoms with Gasteiger partial charge in [0.05, 0.1) is 30.5 Å². The largest absolute Gasteiger partial charge is 0.478 e. The average molecular weight is 885 g/mol. The van der Waals surface area contributed by atoms with Crippen LogP contribution in [0.25, 0.3) is 22.8 Å². The van der Waals surface area contributed by atoms with Crippen LogP contribution in [0.2, 0.25) is 0 Å². The fourth-order valence-electron chi connectivity index (χ4n) is 9.37. The van der Waals surface area contributed by atoms with Crippen molar-refractivity contribution in [3.05, 3.63) is 144 Å². The third-order valence-electron chi connectivity index (χ3n) is 12.6. The highest BCUT2D eigenvalue weighted by atomic mass is 19.1. The van der Waals surface area contributed by atoms with Crippen LogP contribution in [0.15, 0.2) is 116 Å². The number of carbonyl (C=O) groups excluding carboxylic acids is 1. The maximum atomic E-state index is 13.8. The molecule has 338 valence electrons. The molecule has 4 aromatic heterocycles. The zero-order chi connectivity index (χ0) is 44.4. The van der Waals surface area contributed by atoms with Crippen molar-refractivity contribution < 1.29 is 33.3 Å². The lowest BCUT2D eigenvalue weighted by Crippen LogP contribution is -2.49. The van der Waals surface area contributed by atoms with Gasteiger partial charge in [-0.15, -0.1) is 0 Å². The second-order valence-electron chi connectivity index (χ2n) is 16.9. The van der Waals surface area contributed by atoms with Gasteiger partial charge in [-0.25, -0.2) is 39.1 Å². The number of hydrogen-bond donors (Lipinski definition) is 2. The maximum Gasteiger partial charge on any atom is 0.336 e. The number of aromatic nitrogens is 6. The van der Waals surface area contributed by atoms with Crippen molar-refractivity contribution in [2.75, 3.05) is 13.2 Å². The molecule has 4 unspecified atom stereocenters. The van der Waals surface area contributed by atoms with Gasteiger partial charge in [-0.3, -0.25) is 9.50 Å². The number of ether oxygens (including phenoxy) is 2. The summed E-state index contributed by atoms with van der Waals surface area (Å²) in [5.41, 5.74) is 4.21. The molecule has 65 heavy (non-hydrogen) atoms. The van der Waals surface area contributed by atoms with Gasteiger partial charge in [-0.1, -0.05) is 41.5 Å². The predicted molar refractivity (Wildman–Crippen MR) is 242 cm³/mol. The number of piperidine rings is 2. The van der Waals surface area contributed by atoms with Crippen LogP contribution in [-0.2, 0) is 0 Å². The highest BCUT2D eigenvalue weighted by molar-refractivity contribution is 6.01. The first-order valence-corrected chi connectivity index (χ1v) is 22.1. The lowest BCUT2D eigenvalue weighted by molar-refractivity contribution is 0.0403. The normalized spacial score (nSPS) is 21.4. The van der Waals surface area contributed by atoms with Crippen LogP contribution in [0.1, 0.15) is 83.2 Å². The molecular formula is C50H54F2N8O5. The Labute approximate surface area is 377 Å². The molecule has 4 aliphatic rings. The van der Waals surface area contributed by atoms with Crippen LogP contribution in [0.5, 0.6) is 11.8 Å². The number of carboxylic acids is 1. The van der Waals surface area contributed by atoms with Crippen LogP contribution < -0.4 is 14.8 Å². The standard InChI is InChI=1S/C25H26N4O2.C13H17FN2O.C12H10N2O2.FH/c1-17-6-10-20(24-27-13-4-14-28-24)21(15-17)25(30)29-19-8-7-18(22(29)11-9-19)16-31-23-5-2-3-12-26-23;14-10-2-6-13(15-7-10)17-8-9-1-3-11-4-5-12(9)16-11;1-8-3-4-9(10(7-8)12(15)16)11-13-5-2-6-14-11;/h2-6,10,12-15,18-19,22H,7-9,11,16H2,1H3;2,6-7,9,11-12,16H,1,3-5,8H2;2-7H,1H3,(H,15,16);1H/t18-,19?,22?;9-,11?,12?;;/m00../s1. The van der Waals surface area contributed by atoms with Gasteiger partial charge < -0.3 is 24.8 Å². The number of rotatable bonds is 10. The number of carbonyl (C=O) groups is 2. The first-order valence-electron chi connectivity index (χ1n) is 22.1. The second-order valence-corrected chi connectivity index (χ2v) is 16.9. The SMILES string of the molecule is Cc1ccc(-c2ncccn2)c(C(=O)N2C3CCC2[C@H](COc2ccccn2)CC3)c1.Cc1ccc(-c2ncccn2)c(C(=O)O)c1.F.Fc1ccc(OC[C@@H]2CCC3CCC2N3)nc1. The van der Waals surface area contributed by atoms with E-state index in [2.05, 4.69) is 40.1 Å². The van der Waals surface area contributed by atoms with E-state index in [9.17, 15) is 14.0 Å². The monoisotopic (exact) mass is 884 g/mol. The van der Waals surface area contributed by atoms with Gasteiger partial charge in [0.2, 0.25) is 11.8 Å². The van der Waals surface area contributed by atoms with E-state index in [4.69, 9.17) is 14.6 Å². The number of halogens is 2. The van der Waals surface area contributed by atoms with E-state index >= 15 is 0 Å². The fraction of sp³-hybridized carbons (Fsp3) is 0.360. The lowest BCUT2D eigenvalue weighted by Gasteiger charge is -2.40. The molecule has 2 N–H and O–H groups in total. The average Bonchev–Trinajstić information content (AvgIpc) is 3.87. The third kappa shape index (κ3) is 11.5. The Bertz CT molecular complexity index is 2490. The fourth-order valence-corrected chi connectivity index (χ4v) is 9.37. The molecule has 4 aliphatic heterocycles. The van der Waals surface area contributed by atoms with Crippen molar-refractivity contribution in [3.63, 3.8) is 0 Å². The highest BCUT2D eigenvalue weighted by Gasteiger charge is 2.45. The van der Waals surface area contributed by atoms with Gasteiger partial charge in [-0.05, 0) is 102 Å². The molecule has 15 heteroatoms. The number of nitrogens with zero attached hydrogens (tertiary/aromatic N) is 7. The van der Waals surface area contributed by atoms with Gasteiger partial charge in [0, 0.05) is 90.2 Å². The summed E-state index contributed by atoms with van der Waals surface area (Å²) in [6.07, 6.45) is 18.8. The Hall–Kier alpha value is -6.74. The van der Waals surface area contributed by atoms with E-state index in [1.807, 2.05) is 56.3 Å². The van der Waals surface area contributed by atoms with Crippen LogP contribution >= 0.6 is 0 Å². The summed E-state index contributed by atoms with van der Waals surface area (Å²) in [6.45, 7) is 5.13. The number of pyridine rings is 2. The molecule has 6 atom stereocenters. The second kappa shape index (κ2) is 21.8. The van der Waals surface area contributed by atoms with Crippen LogP contribution in [-0.4, -0.2) is 89.2 Å². The number of amides is 1. The molecular weight excluding hydrogens is 831 g/mol. The summed E-state index contributed by atoms with van der Waals surface area (Å²) in [5.74, 6) is 1.86. The number of aromatic carboxylic acids is 1. The smallest absolute Gasteiger partial charge is 0.336 e. The zero-order valence-electron chi connectivity index (χ0n) is 36.5. The first kappa shape index (κ1) is 46.3. The molecule has 0 aliphatic carbocycles. The summed E-state index contributed by atoms with van der Waals surface area (Å²) in [4.78, 5) is 52.1. The Morgan fingerprint density at radius 3 is 1.88 bits per heavy atom. The maximum absolute atomic E-state index is 13.8. The van der Waals surface area contributed by atoms with Crippen molar-refractivity contribution in [2.45, 2.75) is 89.4 Å². The molecule has 13 nitrogen and oxygen atoms in total. The van der Waals surface area contributed by atoms with E-state index in [1.54, 1.807) is 61.3 Å². The summed E-state index contributed by atoms with van der Waals surface area (Å²) >= 11 is 0. The van der Waals surface area contributed by atoms with E-state index in [1.165, 1.54) is 37.9 Å². The van der Waals surface area contributed by atoms with Crippen molar-refractivity contribution in [2.24, 2.45) is 11.8 Å². The minimum atomic E-state index is -0.967. The molecule has 0 radical (unpaired) electrons. The highest BCUT2D eigenvalue weighted by Crippen LogP contribution is 2.41. The Morgan fingerprint density at radius 2 is 1.25 bits per heavy atom. The molecule has 0 saturated carbocycles. The van der Waals surface area contributed by atoms with Gasteiger partial charge >= 0.3 is 5.97 Å². The van der Waals surface area contributed by atoms with E-state index in [0.29, 0.717) is 71.7 Å². The van der Waals surface area contributed by atoms with Crippen molar-refractivity contribution in [3.8, 4) is 34.5 Å². The van der Waals surface area contributed by atoms with Crippen LogP contribution in [0, 0.1) is 31.5 Å². The van der Waals surface area contributed by atoms with Crippen LogP contribution in [0.3, 0.4) is 0 Å². The summed E-state index contributed by atoms with van der Waals surface area (Å²) in [5, 5.41) is 12.7. The van der Waals surface area contributed by atoms with Gasteiger partial charge in [0.25, 0.3) is 5.91 Å².